The number of carbonyl (C=O) groups excluding carboxylic acids is 1. The first kappa shape index (κ1) is 10.5. The zero-order valence-electron chi connectivity index (χ0n) is 9.19. The molecule has 0 aliphatic rings. The Morgan fingerprint density at radius 3 is 2.44 bits per heavy atom. The maximum atomic E-state index is 10.9. The van der Waals surface area contributed by atoms with E-state index in [1.165, 1.54) is 0 Å². The van der Waals surface area contributed by atoms with Gasteiger partial charge in [-0.05, 0) is 35.7 Å². The summed E-state index contributed by atoms with van der Waals surface area (Å²) in [6.07, 6.45) is 0.835. The molecule has 0 heterocycles. The summed E-state index contributed by atoms with van der Waals surface area (Å²) in [5.74, 6) is 1.48. The Balaban J connectivity index is 2.79. The normalized spacial score (nSPS) is 10.1. The highest BCUT2D eigenvalue weighted by Gasteiger charge is 2.06. The van der Waals surface area contributed by atoms with E-state index >= 15 is 0 Å². The smallest absolute Gasteiger partial charge is 0.150 e. The molecule has 0 spiro atoms. The summed E-state index contributed by atoms with van der Waals surface area (Å²) < 4.78 is 10.4. The van der Waals surface area contributed by atoms with Crippen LogP contribution in [0.25, 0.3) is 10.8 Å². The zero-order chi connectivity index (χ0) is 11.5. The van der Waals surface area contributed by atoms with Crippen LogP contribution in [0.2, 0.25) is 0 Å². The highest BCUT2D eigenvalue weighted by atomic mass is 16.5. The van der Waals surface area contributed by atoms with Crippen molar-refractivity contribution in [2.45, 2.75) is 0 Å². The lowest BCUT2D eigenvalue weighted by Gasteiger charge is -2.08. The molecule has 0 atom stereocenters. The van der Waals surface area contributed by atoms with E-state index in [0.29, 0.717) is 5.56 Å². The fourth-order valence-electron chi connectivity index (χ4n) is 1.73. The molecule has 0 fully saturated rings. The van der Waals surface area contributed by atoms with Crippen molar-refractivity contribution < 1.29 is 14.3 Å². The minimum atomic E-state index is 0.634. The van der Waals surface area contributed by atoms with E-state index in [1.54, 1.807) is 26.4 Å². The number of ether oxygens (including phenoxy) is 2. The monoisotopic (exact) mass is 216 g/mol. The van der Waals surface area contributed by atoms with Gasteiger partial charge in [0.15, 0.2) is 6.29 Å². The molecule has 2 rings (SSSR count). The largest absolute Gasteiger partial charge is 0.497 e. The van der Waals surface area contributed by atoms with E-state index in [9.17, 15) is 4.79 Å². The lowest BCUT2D eigenvalue weighted by atomic mass is 10.0. The molecular formula is C13H12O3. The average Bonchev–Trinajstić information content (AvgIpc) is 2.36. The fraction of sp³-hybridized carbons (Fsp3) is 0.154. The molecule has 0 bridgehead atoms. The van der Waals surface area contributed by atoms with E-state index in [4.69, 9.17) is 9.47 Å². The lowest BCUT2D eigenvalue weighted by molar-refractivity contribution is 0.112. The third-order valence-corrected chi connectivity index (χ3v) is 2.56. The van der Waals surface area contributed by atoms with Crippen LogP contribution < -0.4 is 9.47 Å². The Morgan fingerprint density at radius 1 is 1.00 bits per heavy atom. The summed E-state index contributed by atoms with van der Waals surface area (Å²) in [5.41, 5.74) is 0.634. The number of methoxy groups -OCH3 is 2. The molecule has 0 amide bonds. The number of benzene rings is 2. The Bertz CT molecular complexity index is 532. The van der Waals surface area contributed by atoms with Crippen LogP contribution >= 0.6 is 0 Å². The number of hydrogen-bond acceptors (Lipinski definition) is 3. The number of aldehydes is 1. The molecule has 2 aromatic carbocycles. The van der Waals surface area contributed by atoms with E-state index < -0.39 is 0 Å². The van der Waals surface area contributed by atoms with E-state index in [2.05, 4.69) is 0 Å². The standard InChI is InChI=1S/C13H12O3/c1-15-10-4-5-11-12(7-10)9(8-14)3-6-13(11)16-2/h3-8H,1-2H3. The predicted molar refractivity (Wildman–Crippen MR) is 62.4 cm³/mol. The molecule has 0 aliphatic carbocycles. The molecule has 0 N–H and O–H groups in total. The van der Waals surface area contributed by atoms with Gasteiger partial charge in [-0.3, -0.25) is 4.79 Å². The van der Waals surface area contributed by atoms with Gasteiger partial charge in [-0.15, -0.1) is 0 Å². The van der Waals surface area contributed by atoms with Gasteiger partial charge in [0.05, 0.1) is 14.2 Å². The molecule has 2 aromatic rings. The van der Waals surface area contributed by atoms with Gasteiger partial charge in [-0.2, -0.15) is 0 Å². The fourth-order valence-corrected chi connectivity index (χ4v) is 1.73. The van der Waals surface area contributed by atoms with Crippen LogP contribution in [0.4, 0.5) is 0 Å². The second-order valence-corrected chi connectivity index (χ2v) is 3.39. The van der Waals surface area contributed by atoms with Crippen molar-refractivity contribution in [2.75, 3.05) is 14.2 Å². The summed E-state index contributed by atoms with van der Waals surface area (Å²) >= 11 is 0. The summed E-state index contributed by atoms with van der Waals surface area (Å²) in [5, 5.41) is 1.75. The van der Waals surface area contributed by atoms with E-state index in [1.807, 2.05) is 18.2 Å². The Kier molecular flexibility index (Phi) is 2.77. The van der Waals surface area contributed by atoms with Crippen molar-refractivity contribution in [2.24, 2.45) is 0 Å². The molecule has 3 nitrogen and oxygen atoms in total. The van der Waals surface area contributed by atoms with Crippen LogP contribution in [-0.2, 0) is 0 Å². The van der Waals surface area contributed by atoms with Crippen molar-refractivity contribution in [3.8, 4) is 11.5 Å². The summed E-state index contributed by atoms with van der Waals surface area (Å²) in [6, 6.07) is 9.10. The van der Waals surface area contributed by atoms with Gasteiger partial charge >= 0.3 is 0 Å². The molecule has 16 heavy (non-hydrogen) atoms. The maximum Gasteiger partial charge on any atom is 0.150 e. The summed E-state index contributed by atoms with van der Waals surface area (Å²) in [7, 11) is 3.21. The van der Waals surface area contributed by atoms with Gasteiger partial charge in [0, 0.05) is 10.9 Å². The number of hydrogen-bond donors (Lipinski definition) is 0. The maximum absolute atomic E-state index is 10.9. The average molecular weight is 216 g/mol. The van der Waals surface area contributed by atoms with Crippen LogP contribution in [-0.4, -0.2) is 20.5 Å². The Morgan fingerprint density at radius 2 is 1.81 bits per heavy atom. The third-order valence-electron chi connectivity index (χ3n) is 2.56. The highest BCUT2D eigenvalue weighted by molar-refractivity contribution is 6.01. The van der Waals surface area contributed by atoms with Crippen molar-refractivity contribution in [1.82, 2.24) is 0 Å². The van der Waals surface area contributed by atoms with E-state index in [-0.39, 0.29) is 0 Å². The van der Waals surface area contributed by atoms with Crippen LogP contribution in [0.3, 0.4) is 0 Å². The Labute approximate surface area is 93.6 Å². The van der Waals surface area contributed by atoms with Crippen molar-refractivity contribution >= 4 is 17.1 Å². The molecule has 82 valence electrons. The molecular weight excluding hydrogens is 204 g/mol. The van der Waals surface area contributed by atoms with Crippen LogP contribution in [0.15, 0.2) is 30.3 Å². The van der Waals surface area contributed by atoms with Gasteiger partial charge < -0.3 is 9.47 Å². The molecule has 0 saturated heterocycles. The summed E-state index contributed by atoms with van der Waals surface area (Å²) in [4.78, 5) is 10.9. The topological polar surface area (TPSA) is 35.5 Å². The van der Waals surface area contributed by atoms with Gasteiger partial charge in [-0.25, -0.2) is 0 Å². The van der Waals surface area contributed by atoms with Crippen molar-refractivity contribution in [1.29, 1.82) is 0 Å². The van der Waals surface area contributed by atoms with Crippen LogP contribution in [0.5, 0.6) is 11.5 Å². The second-order valence-electron chi connectivity index (χ2n) is 3.39. The van der Waals surface area contributed by atoms with Gasteiger partial charge in [0.2, 0.25) is 0 Å². The molecule has 0 aromatic heterocycles. The first-order valence-corrected chi connectivity index (χ1v) is 4.90. The molecule has 0 aliphatic heterocycles. The number of carbonyl (C=O) groups is 1. The van der Waals surface area contributed by atoms with Gasteiger partial charge in [0.25, 0.3) is 0 Å². The second kappa shape index (κ2) is 4.23. The first-order valence-electron chi connectivity index (χ1n) is 4.90. The molecule has 0 saturated carbocycles. The quantitative estimate of drug-likeness (QED) is 0.740. The minimum absolute atomic E-state index is 0.634. The van der Waals surface area contributed by atoms with Crippen molar-refractivity contribution in [3.63, 3.8) is 0 Å². The van der Waals surface area contributed by atoms with Crippen LogP contribution in [0, 0.1) is 0 Å². The Hall–Kier alpha value is -2.03. The summed E-state index contributed by atoms with van der Waals surface area (Å²) in [6.45, 7) is 0. The predicted octanol–water partition coefficient (Wildman–Crippen LogP) is 2.67. The number of rotatable bonds is 3. The van der Waals surface area contributed by atoms with Gasteiger partial charge in [-0.1, -0.05) is 0 Å². The molecule has 3 heteroatoms. The molecule has 0 unspecified atom stereocenters. The van der Waals surface area contributed by atoms with Crippen LogP contribution in [0.1, 0.15) is 10.4 Å². The van der Waals surface area contributed by atoms with Gasteiger partial charge in [0.1, 0.15) is 11.5 Å². The lowest BCUT2D eigenvalue weighted by Crippen LogP contribution is -1.90. The third kappa shape index (κ3) is 1.60. The zero-order valence-corrected chi connectivity index (χ0v) is 9.19. The SMILES string of the molecule is COc1ccc2c(OC)ccc(C=O)c2c1. The minimum Gasteiger partial charge on any atom is -0.497 e. The number of fused-ring (bicyclic) bond motifs is 1. The highest BCUT2D eigenvalue weighted by Crippen LogP contribution is 2.30. The van der Waals surface area contributed by atoms with E-state index in [0.717, 1.165) is 28.6 Å². The first-order chi connectivity index (χ1) is 7.80. The molecule has 0 radical (unpaired) electrons. The van der Waals surface area contributed by atoms with Crippen molar-refractivity contribution in [3.05, 3.63) is 35.9 Å².